The number of nitrogens with zero attached hydrogens (tertiary/aromatic N) is 4. The molecule has 3 heterocycles. The average Bonchev–Trinajstić information content (AvgIpc) is 3.08. The van der Waals surface area contributed by atoms with Crippen molar-refractivity contribution in [1.29, 1.82) is 0 Å². The van der Waals surface area contributed by atoms with Crippen molar-refractivity contribution in [2.75, 3.05) is 5.32 Å². The number of aryl methyl sites for hydroxylation is 1. The van der Waals surface area contributed by atoms with Crippen LogP contribution >= 0.6 is 0 Å². The highest BCUT2D eigenvalue weighted by molar-refractivity contribution is 6.03. The highest BCUT2D eigenvalue weighted by Crippen LogP contribution is 2.24. The van der Waals surface area contributed by atoms with Crippen LogP contribution in [0.2, 0.25) is 0 Å². The predicted molar refractivity (Wildman–Crippen MR) is 78.7 cm³/mol. The maximum atomic E-state index is 12.5. The van der Waals surface area contributed by atoms with Crippen LogP contribution in [0.4, 0.5) is 5.69 Å². The minimum atomic E-state index is -0.237. The van der Waals surface area contributed by atoms with Crippen LogP contribution in [0.25, 0.3) is 5.65 Å². The lowest BCUT2D eigenvalue weighted by Crippen LogP contribution is -2.15. The summed E-state index contributed by atoms with van der Waals surface area (Å²) in [5, 5.41) is 14.6. The van der Waals surface area contributed by atoms with Gasteiger partial charge in [-0.2, -0.15) is 0 Å². The van der Waals surface area contributed by atoms with Crippen LogP contribution in [0.15, 0.2) is 29.2 Å². The molecule has 1 aliphatic carbocycles. The molecule has 0 spiro atoms. The summed E-state index contributed by atoms with van der Waals surface area (Å²) < 4.78 is 7.10. The van der Waals surface area contributed by atoms with E-state index in [1.54, 1.807) is 29.1 Å². The van der Waals surface area contributed by atoms with Gasteiger partial charge in [-0.15, -0.1) is 10.2 Å². The summed E-state index contributed by atoms with van der Waals surface area (Å²) >= 11 is 0. The molecule has 1 N–H and O–H groups in total. The fraction of sp³-hybridized carbons (Fsp3) is 0.333. The monoisotopic (exact) mass is 297 g/mol. The van der Waals surface area contributed by atoms with Crippen LogP contribution in [0.5, 0.6) is 0 Å². The summed E-state index contributed by atoms with van der Waals surface area (Å²) in [4.78, 5) is 12.5. The van der Waals surface area contributed by atoms with Crippen molar-refractivity contribution in [2.24, 2.45) is 0 Å². The van der Waals surface area contributed by atoms with Crippen molar-refractivity contribution in [3.05, 3.63) is 41.7 Å². The zero-order chi connectivity index (χ0) is 14.9. The zero-order valence-electron chi connectivity index (χ0n) is 12.0. The smallest absolute Gasteiger partial charge is 0.278 e. The van der Waals surface area contributed by atoms with E-state index in [9.17, 15) is 4.79 Å². The third-order valence-corrected chi connectivity index (χ3v) is 3.96. The van der Waals surface area contributed by atoms with E-state index >= 15 is 0 Å². The summed E-state index contributed by atoms with van der Waals surface area (Å²) in [5.41, 5.74) is 2.76. The minimum Gasteiger partial charge on any atom is -0.360 e. The maximum absolute atomic E-state index is 12.5. The van der Waals surface area contributed by atoms with Gasteiger partial charge in [-0.1, -0.05) is 11.6 Å². The zero-order valence-corrected chi connectivity index (χ0v) is 12.0. The number of amides is 1. The molecule has 0 saturated heterocycles. The first-order valence-electron chi connectivity index (χ1n) is 7.39. The standard InChI is InChI=1S/C15H15N5O2/c21-15(14-11-4-2-1-3-5-12(11)22-19-14)17-10-6-7-13-18-16-9-20(13)8-10/h6-9H,1-5H2,(H,17,21). The maximum Gasteiger partial charge on any atom is 0.278 e. The number of aromatic nitrogens is 4. The van der Waals surface area contributed by atoms with Crippen molar-refractivity contribution in [2.45, 2.75) is 32.1 Å². The van der Waals surface area contributed by atoms with Gasteiger partial charge < -0.3 is 9.84 Å². The highest BCUT2D eigenvalue weighted by atomic mass is 16.5. The number of pyridine rings is 1. The molecule has 0 bridgehead atoms. The molecule has 0 atom stereocenters. The van der Waals surface area contributed by atoms with Gasteiger partial charge in [-0.05, 0) is 31.4 Å². The SMILES string of the molecule is O=C(Nc1ccc2nncn2c1)c1noc2c1CCCCC2. The first-order valence-corrected chi connectivity index (χ1v) is 7.39. The van der Waals surface area contributed by atoms with Crippen molar-refractivity contribution in [3.8, 4) is 0 Å². The van der Waals surface area contributed by atoms with E-state index < -0.39 is 0 Å². The summed E-state index contributed by atoms with van der Waals surface area (Å²) in [6.07, 6.45) is 8.40. The van der Waals surface area contributed by atoms with Gasteiger partial charge in [0.2, 0.25) is 0 Å². The summed E-state index contributed by atoms with van der Waals surface area (Å²) in [7, 11) is 0. The van der Waals surface area contributed by atoms with E-state index in [-0.39, 0.29) is 5.91 Å². The van der Waals surface area contributed by atoms with Crippen molar-refractivity contribution < 1.29 is 9.32 Å². The van der Waals surface area contributed by atoms with Crippen molar-refractivity contribution in [3.63, 3.8) is 0 Å². The Bertz CT molecular complexity index is 835. The normalized spacial score (nSPS) is 14.5. The van der Waals surface area contributed by atoms with E-state index in [0.29, 0.717) is 11.4 Å². The van der Waals surface area contributed by atoms with Gasteiger partial charge >= 0.3 is 0 Å². The molecule has 0 radical (unpaired) electrons. The largest absolute Gasteiger partial charge is 0.360 e. The van der Waals surface area contributed by atoms with Crippen LogP contribution in [0, 0.1) is 0 Å². The Morgan fingerprint density at radius 2 is 2.14 bits per heavy atom. The molecule has 3 aromatic rings. The molecule has 0 unspecified atom stereocenters. The van der Waals surface area contributed by atoms with Gasteiger partial charge in [0.1, 0.15) is 12.1 Å². The lowest BCUT2D eigenvalue weighted by atomic mass is 10.1. The van der Waals surface area contributed by atoms with Crippen LogP contribution < -0.4 is 5.32 Å². The summed E-state index contributed by atoms with van der Waals surface area (Å²) in [5.74, 6) is 0.622. The number of fused-ring (bicyclic) bond motifs is 2. The second-order valence-electron chi connectivity index (χ2n) is 5.46. The number of hydrogen-bond acceptors (Lipinski definition) is 5. The molecule has 112 valence electrons. The fourth-order valence-corrected chi connectivity index (χ4v) is 2.83. The molecule has 0 fully saturated rings. The Morgan fingerprint density at radius 3 is 3.09 bits per heavy atom. The first-order chi connectivity index (χ1) is 10.8. The molecule has 1 amide bonds. The second-order valence-corrected chi connectivity index (χ2v) is 5.46. The Labute approximate surface area is 126 Å². The number of rotatable bonds is 2. The van der Waals surface area contributed by atoms with Gasteiger partial charge in [-0.25, -0.2) is 0 Å². The van der Waals surface area contributed by atoms with Gasteiger partial charge in [-0.3, -0.25) is 9.20 Å². The van der Waals surface area contributed by atoms with Gasteiger partial charge in [0, 0.05) is 18.2 Å². The van der Waals surface area contributed by atoms with Gasteiger partial charge in [0.25, 0.3) is 5.91 Å². The molecule has 7 nitrogen and oxygen atoms in total. The highest BCUT2D eigenvalue weighted by Gasteiger charge is 2.23. The average molecular weight is 297 g/mol. The van der Waals surface area contributed by atoms with E-state index in [1.165, 1.54) is 0 Å². The first kappa shape index (κ1) is 13.0. The quantitative estimate of drug-likeness (QED) is 0.733. The minimum absolute atomic E-state index is 0.237. The number of anilines is 1. The Hall–Kier alpha value is -2.70. The Balaban J connectivity index is 1.60. The molecule has 0 saturated carbocycles. The number of carbonyl (C=O) groups is 1. The van der Waals surface area contributed by atoms with E-state index in [0.717, 1.165) is 49.1 Å². The number of hydrogen-bond donors (Lipinski definition) is 1. The summed E-state index contributed by atoms with van der Waals surface area (Å²) in [6, 6.07) is 3.59. The van der Waals surface area contributed by atoms with Crippen molar-refractivity contribution in [1.82, 2.24) is 19.8 Å². The van der Waals surface area contributed by atoms with Crippen LogP contribution in [-0.4, -0.2) is 25.7 Å². The number of nitrogens with one attached hydrogen (secondary N) is 1. The van der Waals surface area contributed by atoms with Crippen LogP contribution in [0.3, 0.4) is 0 Å². The summed E-state index contributed by atoms with van der Waals surface area (Å²) in [6.45, 7) is 0. The molecule has 0 aliphatic heterocycles. The van der Waals surface area contributed by atoms with Crippen LogP contribution in [-0.2, 0) is 12.8 Å². The molecule has 4 rings (SSSR count). The molecular weight excluding hydrogens is 282 g/mol. The third-order valence-electron chi connectivity index (χ3n) is 3.96. The topological polar surface area (TPSA) is 85.3 Å². The Morgan fingerprint density at radius 1 is 1.23 bits per heavy atom. The molecule has 3 aromatic heterocycles. The van der Waals surface area contributed by atoms with Gasteiger partial charge in [0.05, 0.1) is 5.69 Å². The fourth-order valence-electron chi connectivity index (χ4n) is 2.83. The molecule has 1 aliphatic rings. The lowest BCUT2D eigenvalue weighted by molar-refractivity contribution is 0.101. The van der Waals surface area contributed by atoms with E-state index in [1.807, 2.05) is 0 Å². The van der Waals surface area contributed by atoms with E-state index in [4.69, 9.17) is 4.52 Å². The van der Waals surface area contributed by atoms with E-state index in [2.05, 4.69) is 20.7 Å². The molecule has 7 heteroatoms. The Kier molecular flexibility index (Phi) is 3.10. The van der Waals surface area contributed by atoms with Crippen LogP contribution in [0.1, 0.15) is 41.1 Å². The molecular formula is C15H15N5O2. The van der Waals surface area contributed by atoms with Crippen molar-refractivity contribution >= 4 is 17.2 Å². The van der Waals surface area contributed by atoms with Gasteiger partial charge in [0.15, 0.2) is 11.3 Å². The lowest BCUT2D eigenvalue weighted by Gasteiger charge is -2.05. The molecule has 22 heavy (non-hydrogen) atoms. The predicted octanol–water partition coefficient (Wildman–Crippen LogP) is 2.24. The molecule has 0 aromatic carbocycles. The second kappa shape index (κ2) is 5.25. The number of carbonyl (C=O) groups excluding carboxylic acids is 1. The third kappa shape index (κ3) is 2.24.